The van der Waals surface area contributed by atoms with Crippen molar-refractivity contribution in [2.45, 2.75) is 77.8 Å². The lowest BCUT2D eigenvalue weighted by Crippen LogP contribution is -2.74. The SMILES string of the molecule is C[NH2+]C.C[NH2+]C.O=S(=O)([O-])C(F)(F)C(F)(F)C(F)(F)C(F)(F)CCC(F)(F)F.O=S(=O)([O-])CC(F)(F)C(F)(F)C(F)(F)C(F)(F)C(F)(F)C(F)(F)F. The molecule has 4 N–H and O–H groups in total. The zero-order valence-corrected chi connectivity index (χ0v) is 26.7. The monoisotopic (exact) mass is 882 g/mol. The fraction of sp³-hybridized carbons (Fsp3) is 1.00. The van der Waals surface area contributed by atoms with E-state index in [1.165, 1.54) is 0 Å². The summed E-state index contributed by atoms with van der Waals surface area (Å²) in [5.74, 6) is -63.6. The van der Waals surface area contributed by atoms with Crippen molar-refractivity contribution in [1.82, 2.24) is 0 Å². The fourth-order valence-electron chi connectivity index (χ4n) is 2.14. The molecule has 0 bridgehead atoms. The minimum absolute atomic E-state index is 2.00. The first kappa shape index (κ1) is 56.8. The molecule has 0 spiro atoms. The van der Waals surface area contributed by atoms with Gasteiger partial charge in [-0.05, 0) is 0 Å². The normalized spacial score (nSPS) is 15.0. The van der Waals surface area contributed by atoms with Crippen LogP contribution in [0.15, 0.2) is 0 Å². The lowest BCUT2D eigenvalue weighted by atomic mass is 9.94. The van der Waals surface area contributed by atoms with Crippen molar-refractivity contribution >= 4 is 20.2 Å². The van der Waals surface area contributed by atoms with Gasteiger partial charge in [0.1, 0.15) is 15.9 Å². The van der Waals surface area contributed by atoms with E-state index in [2.05, 4.69) is 0 Å². The van der Waals surface area contributed by atoms with E-state index in [-0.39, 0.29) is 0 Å². The van der Waals surface area contributed by atoms with Crippen molar-refractivity contribution in [1.29, 1.82) is 0 Å². The lowest BCUT2D eigenvalue weighted by Gasteiger charge is -2.39. The number of alkyl halides is 24. The molecule has 0 radical (unpaired) electrons. The molecule has 0 aliphatic rings. The maximum absolute atomic E-state index is 12.8. The van der Waals surface area contributed by atoms with E-state index in [0.29, 0.717) is 0 Å². The van der Waals surface area contributed by atoms with Crippen LogP contribution in [0.25, 0.3) is 0 Å². The Morgan fingerprint density at radius 1 is 0.423 bits per heavy atom. The van der Waals surface area contributed by atoms with Gasteiger partial charge < -0.3 is 19.7 Å². The highest BCUT2D eigenvalue weighted by Crippen LogP contribution is 2.60. The Balaban J connectivity index is -0.000000385. The molecule has 34 heteroatoms. The summed E-state index contributed by atoms with van der Waals surface area (Å²) in [6.07, 6.45) is -18.9. The Hall–Kier alpha value is -1.94. The van der Waals surface area contributed by atoms with Gasteiger partial charge in [0.25, 0.3) is 0 Å². The van der Waals surface area contributed by atoms with Gasteiger partial charge in [-0.25, -0.2) is 16.8 Å². The van der Waals surface area contributed by atoms with Crippen molar-refractivity contribution in [3.63, 3.8) is 0 Å². The summed E-state index contributed by atoms with van der Waals surface area (Å²) >= 11 is 0. The molecule has 0 amide bonds. The molecule has 0 fully saturated rings. The molecule has 0 aliphatic carbocycles. The van der Waals surface area contributed by atoms with Crippen molar-refractivity contribution in [2.75, 3.05) is 33.9 Å². The Morgan fingerprint density at radius 3 is 0.923 bits per heavy atom. The molecule has 0 saturated carbocycles. The number of nitrogens with two attached hydrogens (primary N) is 2. The highest BCUT2D eigenvalue weighted by atomic mass is 32.2. The van der Waals surface area contributed by atoms with Gasteiger partial charge in [0, 0.05) is 12.8 Å². The fourth-order valence-corrected chi connectivity index (χ4v) is 3.21. The third-order valence-electron chi connectivity index (χ3n) is 4.61. The highest BCUT2D eigenvalue weighted by molar-refractivity contribution is 7.86. The van der Waals surface area contributed by atoms with E-state index in [4.69, 9.17) is 0 Å². The van der Waals surface area contributed by atoms with E-state index in [0.717, 1.165) is 0 Å². The Morgan fingerprint density at radius 2 is 0.692 bits per heavy atom. The highest BCUT2D eigenvalue weighted by Gasteiger charge is 2.91. The quantitative estimate of drug-likeness (QED) is 0.221. The van der Waals surface area contributed by atoms with Crippen molar-refractivity contribution < 1.29 is 142 Å². The van der Waals surface area contributed by atoms with Crippen molar-refractivity contribution in [2.24, 2.45) is 0 Å². The van der Waals surface area contributed by atoms with Crippen LogP contribution in [0, 0.1) is 0 Å². The third kappa shape index (κ3) is 12.6. The first-order chi connectivity index (χ1) is 22.0. The zero-order chi connectivity index (χ0) is 44.0. The summed E-state index contributed by atoms with van der Waals surface area (Å²) in [7, 11) is -6.02. The summed E-state index contributed by atoms with van der Waals surface area (Å²) < 4.78 is 358. The molecule has 8 nitrogen and oxygen atoms in total. The number of halogens is 24. The van der Waals surface area contributed by atoms with Crippen LogP contribution < -0.4 is 10.6 Å². The molecule has 0 aromatic carbocycles. The summed E-state index contributed by atoms with van der Waals surface area (Å²) in [5, 5.41) is -3.18. The molecular weight excluding hydrogens is 860 g/mol. The van der Waals surface area contributed by atoms with Gasteiger partial charge in [-0.3, -0.25) is 0 Å². The van der Waals surface area contributed by atoms with Gasteiger partial charge in [0.15, 0.2) is 10.1 Å². The molecule has 0 saturated heterocycles. The lowest BCUT2D eigenvalue weighted by molar-refractivity contribution is -0.597. The second-order valence-corrected chi connectivity index (χ2v) is 12.1. The van der Waals surface area contributed by atoms with Gasteiger partial charge in [0.05, 0.1) is 28.2 Å². The summed E-state index contributed by atoms with van der Waals surface area (Å²) in [5.41, 5.74) is 0. The van der Waals surface area contributed by atoms with Crippen LogP contribution in [-0.2, 0) is 20.2 Å². The molecule has 0 unspecified atom stereocenters. The maximum atomic E-state index is 12.8. The second-order valence-electron chi connectivity index (χ2n) is 9.30. The predicted octanol–water partition coefficient (Wildman–Crippen LogP) is 4.26. The average molecular weight is 882 g/mol. The molecule has 0 rings (SSSR count). The van der Waals surface area contributed by atoms with Crippen LogP contribution in [0.5, 0.6) is 0 Å². The molecule has 52 heavy (non-hydrogen) atoms. The van der Waals surface area contributed by atoms with E-state index >= 15 is 0 Å². The Labute approximate surface area is 274 Å². The predicted molar refractivity (Wildman–Crippen MR) is 118 cm³/mol. The first-order valence-corrected chi connectivity index (χ1v) is 14.9. The van der Waals surface area contributed by atoms with Gasteiger partial charge in [0.2, 0.25) is 0 Å². The Kier molecular flexibility index (Phi) is 18.8. The van der Waals surface area contributed by atoms with Crippen molar-refractivity contribution in [3.05, 3.63) is 0 Å². The third-order valence-corrected chi connectivity index (χ3v) is 6.21. The van der Waals surface area contributed by atoms with E-state index in [1.807, 2.05) is 38.8 Å². The number of hydrogen-bond acceptors (Lipinski definition) is 6. The standard InChI is InChI=1S/C7H3F13O3S.C7H5F11O3S.2C2H7N/c8-2(9,1-24(21,22)23)3(10,11)4(12,13)5(14,15)6(16,17)7(18,19)20;8-3(9,1-2-4(10,11)12)5(13,14)6(15,16)7(17,18)22(19,20)21;2*1-3-2/h1H2,(H,21,22,23);1-2H2,(H,19,20,21);2*3H,1-2H3. The van der Waals surface area contributed by atoms with Gasteiger partial charge in [-0.2, -0.15) is 105 Å². The molecule has 0 aromatic heterocycles. The largest absolute Gasteiger partial charge is 0.748 e. The topological polar surface area (TPSA) is 148 Å². The number of rotatable bonds is 12. The van der Waals surface area contributed by atoms with Crippen LogP contribution >= 0.6 is 0 Å². The van der Waals surface area contributed by atoms with E-state index in [1.54, 1.807) is 0 Å². The Bertz CT molecular complexity index is 1330. The molecule has 0 atom stereocenters. The summed E-state index contributed by atoms with van der Waals surface area (Å²) in [6, 6.07) is 0. The van der Waals surface area contributed by atoms with Crippen LogP contribution in [0.2, 0.25) is 0 Å². The smallest absolute Gasteiger partial charge is 0.460 e. The number of hydrogen-bond donors (Lipinski definition) is 2. The molecule has 320 valence electrons. The second kappa shape index (κ2) is 17.2. The molecular formula is C18H22F24N2O6S2. The maximum Gasteiger partial charge on any atom is 0.460 e. The van der Waals surface area contributed by atoms with Crippen LogP contribution in [0.1, 0.15) is 12.8 Å². The van der Waals surface area contributed by atoms with Gasteiger partial charge in [-0.1, -0.05) is 0 Å². The van der Waals surface area contributed by atoms with E-state index < -0.39 is 104 Å². The number of quaternary nitrogens is 2. The average Bonchev–Trinajstić information content (AvgIpc) is 2.85. The van der Waals surface area contributed by atoms with Crippen LogP contribution in [-0.4, -0.2) is 125 Å². The summed E-state index contributed by atoms with van der Waals surface area (Å²) in [4.78, 5) is 0. The molecule has 0 aliphatic heterocycles. The minimum atomic E-state index is -8.13. The van der Waals surface area contributed by atoms with Gasteiger partial charge in [-0.15, -0.1) is 0 Å². The van der Waals surface area contributed by atoms with Crippen molar-refractivity contribution in [3.8, 4) is 0 Å². The van der Waals surface area contributed by atoms with Gasteiger partial charge >= 0.3 is 65.0 Å². The van der Waals surface area contributed by atoms with E-state index in [9.17, 15) is 131 Å². The summed E-state index contributed by atoms with van der Waals surface area (Å²) in [6.45, 7) is 0. The van der Waals surface area contributed by atoms with Crippen LogP contribution in [0.4, 0.5) is 105 Å². The minimum Gasteiger partial charge on any atom is -0.748 e. The molecule has 0 heterocycles. The zero-order valence-electron chi connectivity index (χ0n) is 25.1. The first-order valence-electron chi connectivity index (χ1n) is 11.9. The van der Waals surface area contributed by atoms with Crippen LogP contribution in [0.3, 0.4) is 0 Å². The molecule has 0 aromatic rings.